The molecule has 1 aliphatic carbocycles. The van der Waals surface area contributed by atoms with Gasteiger partial charge in [-0.2, -0.15) is 0 Å². The number of carbonyl (C=O) groups excluding carboxylic acids is 1. The summed E-state index contributed by atoms with van der Waals surface area (Å²) in [6.45, 7) is 4.75. The zero-order valence-corrected chi connectivity index (χ0v) is 13.2. The van der Waals surface area contributed by atoms with Gasteiger partial charge in [0.15, 0.2) is 0 Å². The van der Waals surface area contributed by atoms with Crippen molar-refractivity contribution in [2.45, 2.75) is 44.8 Å². The van der Waals surface area contributed by atoms with Crippen LogP contribution in [0.4, 0.5) is 0 Å². The fourth-order valence-corrected chi connectivity index (χ4v) is 2.79. The van der Waals surface area contributed by atoms with E-state index in [0.717, 1.165) is 18.4 Å². The molecule has 4 nitrogen and oxygen atoms in total. The fraction of sp³-hybridized carbons (Fsp3) is 0.588. The minimum Gasteiger partial charge on any atom is -0.383 e. The Morgan fingerprint density at radius 3 is 2.86 bits per heavy atom. The molecule has 21 heavy (non-hydrogen) atoms. The van der Waals surface area contributed by atoms with Gasteiger partial charge in [0.05, 0.1) is 13.1 Å². The van der Waals surface area contributed by atoms with E-state index in [1.54, 1.807) is 0 Å². The maximum atomic E-state index is 12.0. The summed E-state index contributed by atoms with van der Waals surface area (Å²) in [5.41, 5.74) is 1.23. The fourth-order valence-electron chi connectivity index (χ4n) is 2.79. The third kappa shape index (κ3) is 3.83. The molecule has 0 saturated carbocycles. The molecular formula is C17H26N2O2. The number of nitrogens with one attached hydrogen (secondary N) is 1. The summed E-state index contributed by atoms with van der Waals surface area (Å²) in [6.07, 6.45) is 2.65. The number of fused-ring (bicyclic) bond motifs is 1. The first-order valence-electron chi connectivity index (χ1n) is 7.70. The Morgan fingerprint density at radius 1 is 1.43 bits per heavy atom. The number of likely N-dealkylation sites (N-methyl/N-ethyl adjacent to an activating group) is 1. The SMILES string of the molecule is CC(C)N(C)CC(=O)NCC1(O)CCCc2ccccc21. The van der Waals surface area contributed by atoms with Crippen LogP contribution in [0.2, 0.25) is 0 Å². The third-order valence-corrected chi connectivity index (χ3v) is 4.41. The van der Waals surface area contributed by atoms with E-state index < -0.39 is 5.60 Å². The molecule has 0 bridgehead atoms. The molecule has 0 fully saturated rings. The number of hydrogen-bond acceptors (Lipinski definition) is 3. The number of benzene rings is 1. The summed E-state index contributed by atoms with van der Waals surface area (Å²) in [6, 6.07) is 8.31. The predicted molar refractivity (Wildman–Crippen MR) is 84.1 cm³/mol. The molecule has 0 heterocycles. The first-order valence-corrected chi connectivity index (χ1v) is 7.70. The summed E-state index contributed by atoms with van der Waals surface area (Å²) in [5.74, 6) is -0.0392. The summed E-state index contributed by atoms with van der Waals surface area (Å²) in [5, 5.41) is 13.8. The maximum Gasteiger partial charge on any atom is 0.234 e. The van der Waals surface area contributed by atoms with Crippen LogP contribution in [0.1, 0.15) is 37.8 Å². The van der Waals surface area contributed by atoms with E-state index in [1.165, 1.54) is 5.56 Å². The molecule has 0 radical (unpaired) electrons. The van der Waals surface area contributed by atoms with Crippen LogP contribution in [-0.2, 0) is 16.8 Å². The van der Waals surface area contributed by atoms with E-state index in [1.807, 2.05) is 30.1 Å². The van der Waals surface area contributed by atoms with Gasteiger partial charge >= 0.3 is 0 Å². The van der Waals surface area contributed by atoms with Crippen molar-refractivity contribution < 1.29 is 9.90 Å². The molecule has 1 aromatic carbocycles. The second-order valence-electron chi connectivity index (χ2n) is 6.33. The normalized spacial score (nSPS) is 21.4. The second kappa shape index (κ2) is 6.58. The van der Waals surface area contributed by atoms with Gasteiger partial charge in [-0.1, -0.05) is 24.3 Å². The lowest BCUT2D eigenvalue weighted by Gasteiger charge is -2.35. The van der Waals surface area contributed by atoms with Gasteiger partial charge in [0.1, 0.15) is 5.60 Å². The number of amides is 1. The topological polar surface area (TPSA) is 52.6 Å². The lowest BCUT2D eigenvalue weighted by Crippen LogP contribution is -2.46. The highest BCUT2D eigenvalue weighted by atomic mass is 16.3. The molecule has 0 spiro atoms. The average molecular weight is 290 g/mol. The van der Waals surface area contributed by atoms with Crippen molar-refractivity contribution in [1.82, 2.24) is 10.2 Å². The van der Waals surface area contributed by atoms with Crippen LogP contribution < -0.4 is 5.32 Å². The molecule has 2 N–H and O–H groups in total. The van der Waals surface area contributed by atoms with Gasteiger partial charge < -0.3 is 10.4 Å². The van der Waals surface area contributed by atoms with Crippen molar-refractivity contribution >= 4 is 5.91 Å². The molecule has 4 heteroatoms. The van der Waals surface area contributed by atoms with Crippen LogP contribution in [0.5, 0.6) is 0 Å². The van der Waals surface area contributed by atoms with Crippen molar-refractivity contribution in [1.29, 1.82) is 0 Å². The lowest BCUT2D eigenvalue weighted by molar-refractivity contribution is -0.123. The molecule has 0 aromatic heterocycles. The first-order chi connectivity index (χ1) is 9.92. The highest BCUT2D eigenvalue weighted by Crippen LogP contribution is 2.34. The predicted octanol–water partition coefficient (Wildman–Crippen LogP) is 1.67. The van der Waals surface area contributed by atoms with Crippen molar-refractivity contribution in [2.75, 3.05) is 20.1 Å². The zero-order valence-electron chi connectivity index (χ0n) is 13.2. The van der Waals surface area contributed by atoms with Crippen molar-refractivity contribution in [3.05, 3.63) is 35.4 Å². The molecule has 2 rings (SSSR count). The molecule has 0 saturated heterocycles. The quantitative estimate of drug-likeness (QED) is 0.867. The van der Waals surface area contributed by atoms with E-state index in [0.29, 0.717) is 19.0 Å². The summed E-state index contributed by atoms with van der Waals surface area (Å²) < 4.78 is 0. The van der Waals surface area contributed by atoms with Crippen molar-refractivity contribution in [3.8, 4) is 0 Å². The van der Waals surface area contributed by atoms with Gasteiger partial charge in [-0.15, -0.1) is 0 Å². The van der Waals surface area contributed by atoms with Gasteiger partial charge in [-0.25, -0.2) is 0 Å². The van der Waals surface area contributed by atoms with Crippen LogP contribution >= 0.6 is 0 Å². The monoisotopic (exact) mass is 290 g/mol. The summed E-state index contributed by atoms with van der Waals surface area (Å²) in [4.78, 5) is 14.0. The van der Waals surface area contributed by atoms with E-state index >= 15 is 0 Å². The summed E-state index contributed by atoms with van der Waals surface area (Å²) >= 11 is 0. The summed E-state index contributed by atoms with van der Waals surface area (Å²) in [7, 11) is 1.93. The van der Waals surface area contributed by atoms with Crippen LogP contribution in [0.3, 0.4) is 0 Å². The van der Waals surface area contributed by atoms with Crippen LogP contribution in [0.15, 0.2) is 24.3 Å². The molecule has 116 valence electrons. The number of aliphatic hydroxyl groups is 1. The molecule has 1 amide bonds. The molecular weight excluding hydrogens is 264 g/mol. The number of nitrogens with zero attached hydrogens (tertiary/aromatic N) is 1. The van der Waals surface area contributed by atoms with Crippen molar-refractivity contribution in [2.24, 2.45) is 0 Å². The largest absolute Gasteiger partial charge is 0.383 e. The van der Waals surface area contributed by atoms with E-state index in [-0.39, 0.29) is 12.5 Å². The molecule has 0 aliphatic heterocycles. The zero-order chi connectivity index (χ0) is 15.5. The minimum absolute atomic E-state index is 0.0392. The van der Waals surface area contributed by atoms with Crippen LogP contribution in [-0.4, -0.2) is 42.1 Å². The van der Waals surface area contributed by atoms with Crippen LogP contribution in [0.25, 0.3) is 0 Å². The number of carbonyl (C=O) groups is 1. The first kappa shape index (κ1) is 16.0. The van der Waals surface area contributed by atoms with Gasteiger partial charge in [0.25, 0.3) is 0 Å². The average Bonchev–Trinajstić information content (AvgIpc) is 2.46. The lowest BCUT2D eigenvalue weighted by atomic mass is 9.79. The van der Waals surface area contributed by atoms with Gasteiger partial charge in [0.2, 0.25) is 5.91 Å². The Kier molecular flexibility index (Phi) is 5.01. The maximum absolute atomic E-state index is 12.0. The number of aryl methyl sites for hydroxylation is 1. The third-order valence-electron chi connectivity index (χ3n) is 4.41. The molecule has 1 aliphatic rings. The van der Waals surface area contributed by atoms with E-state index in [4.69, 9.17) is 0 Å². The molecule has 1 unspecified atom stereocenters. The van der Waals surface area contributed by atoms with Crippen LogP contribution in [0, 0.1) is 0 Å². The number of rotatable bonds is 5. The minimum atomic E-state index is -0.930. The Hall–Kier alpha value is -1.39. The van der Waals surface area contributed by atoms with Gasteiger partial charge in [-0.05, 0) is 51.3 Å². The highest BCUT2D eigenvalue weighted by molar-refractivity contribution is 5.78. The van der Waals surface area contributed by atoms with Crippen molar-refractivity contribution in [3.63, 3.8) is 0 Å². The Labute approximate surface area is 127 Å². The second-order valence-corrected chi connectivity index (χ2v) is 6.33. The highest BCUT2D eigenvalue weighted by Gasteiger charge is 2.34. The molecule has 1 atom stereocenters. The standard InChI is InChI=1S/C17H26N2O2/c1-13(2)19(3)11-16(20)18-12-17(21)10-6-8-14-7-4-5-9-15(14)17/h4-5,7,9,13,21H,6,8,10-12H2,1-3H3,(H,18,20). The smallest absolute Gasteiger partial charge is 0.234 e. The Balaban J connectivity index is 1.98. The number of hydrogen-bond donors (Lipinski definition) is 2. The Bertz CT molecular complexity index is 501. The van der Waals surface area contributed by atoms with Gasteiger partial charge in [0, 0.05) is 6.04 Å². The molecule has 1 aromatic rings. The van der Waals surface area contributed by atoms with Gasteiger partial charge in [-0.3, -0.25) is 9.69 Å². The van der Waals surface area contributed by atoms with E-state index in [9.17, 15) is 9.90 Å². The Morgan fingerprint density at radius 2 is 2.14 bits per heavy atom. The van der Waals surface area contributed by atoms with E-state index in [2.05, 4.69) is 25.2 Å².